The van der Waals surface area contributed by atoms with Gasteiger partial charge in [0, 0.05) is 5.92 Å². The molecule has 0 spiro atoms. The number of nitrogens with one attached hydrogen (secondary N) is 3. The van der Waals surface area contributed by atoms with E-state index in [9.17, 15) is 44.4 Å². The number of hydrogen-bond acceptors (Lipinski definition) is 12. The number of ether oxygens (including phenoxy) is 3. The first-order valence-electron chi connectivity index (χ1n) is 11.7. The SMILES string of the molecule is [B]C(=O)OCc1ccc(O[C@@H]2O[C@H](C(=O)O)[C@@H](O)[C@H](O)[C@H]2O)c(NC(=O)[B]NC(=O)C(N)[B]NC(=O)C(C)C)c1. The average Bonchev–Trinajstić information content (AvgIpc) is 2.89. The quantitative estimate of drug-likeness (QED) is 0.117. The normalized spacial score (nSPS) is 22.8. The number of carbonyl (C=O) groups excluding carboxylic acids is 4. The molecule has 1 heterocycles. The van der Waals surface area contributed by atoms with E-state index in [-0.39, 0.29) is 29.9 Å². The summed E-state index contributed by atoms with van der Waals surface area (Å²) >= 11 is 0. The van der Waals surface area contributed by atoms with Crippen LogP contribution in [0.5, 0.6) is 5.75 Å². The van der Waals surface area contributed by atoms with Gasteiger partial charge in [0.15, 0.2) is 11.9 Å². The van der Waals surface area contributed by atoms with Crippen molar-refractivity contribution >= 4 is 57.8 Å². The Kier molecular flexibility index (Phi) is 11.9. The second-order valence-corrected chi connectivity index (χ2v) is 8.79. The average molecular weight is 560 g/mol. The van der Waals surface area contributed by atoms with E-state index < -0.39 is 60.2 Å². The molecule has 3 amide bonds. The molecule has 2 rings (SSSR count). The third-order valence-corrected chi connectivity index (χ3v) is 5.32. The Balaban J connectivity index is 2.14. The molecule has 0 bridgehead atoms. The number of nitrogens with two attached hydrogens (primary N) is 1. The maximum atomic E-state index is 12.5. The Morgan fingerprint density at radius 1 is 1.07 bits per heavy atom. The summed E-state index contributed by atoms with van der Waals surface area (Å²) in [6.45, 7) is 2.95. The van der Waals surface area contributed by atoms with Crippen molar-refractivity contribution < 1.29 is 58.6 Å². The van der Waals surface area contributed by atoms with Gasteiger partial charge in [-0.2, -0.15) is 0 Å². The van der Waals surface area contributed by atoms with Crippen molar-refractivity contribution in [1.82, 2.24) is 10.5 Å². The molecule has 16 nitrogen and oxygen atoms in total. The highest BCUT2D eigenvalue weighted by atomic mass is 16.7. The molecule has 1 fully saturated rings. The van der Waals surface area contributed by atoms with Crippen molar-refractivity contribution in [3.8, 4) is 5.75 Å². The number of aliphatic carboxylic acids is 1. The monoisotopic (exact) mass is 560 g/mol. The summed E-state index contributed by atoms with van der Waals surface area (Å²) in [6, 6.07) is 3.87. The first-order chi connectivity index (χ1) is 18.7. The van der Waals surface area contributed by atoms with Crippen LogP contribution < -0.4 is 26.2 Å². The van der Waals surface area contributed by atoms with Crippen LogP contribution in [0.2, 0.25) is 0 Å². The Hall–Kier alpha value is -3.64. The van der Waals surface area contributed by atoms with Gasteiger partial charge in [0.25, 0.3) is 7.41 Å². The zero-order valence-corrected chi connectivity index (χ0v) is 21.3. The van der Waals surface area contributed by atoms with Crippen LogP contribution in [0, 0.1) is 5.92 Å². The van der Waals surface area contributed by atoms with Gasteiger partial charge in [-0.3, -0.25) is 19.2 Å². The van der Waals surface area contributed by atoms with E-state index in [1.807, 2.05) is 0 Å². The van der Waals surface area contributed by atoms with E-state index in [0.29, 0.717) is 13.0 Å². The third kappa shape index (κ3) is 9.23. The fourth-order valence-corrected chi connectivity index (χ4v) is 3.11. The maximum absolute atomic E-state index is 12.5. The maximum Gasteiger partial charge on any atom is 0.364 e. The highest BCUT2D eigenvalue weighted by Crippen LogP contribution is 2.31. The number of hydrogen-bond donors (Lipinski definition) is 8. The van der Waals surface area contributed by atoms with E-state index in [1.165, 1.54) is 18.2 Å². The van der Waals surface area contributed by atoms with Gasteiger partial charge in [0.2, 0.25) is 31.8 Å². The molecule has 0 aliphatic carbocycles. The number of carboxylic acid groups (broad SMARTS) is 1. The fourth-order valence-electron chi connectivity index (χ4n) is 3.11. The van der Waals surface area contributed by atoms with Crippen LogP contribution in [0.3, 0.4) is 0 Å². The lowest BCUT2D eigenvalue weighted by atomic mass is 9.80. The topological polar surface area (TPSA) is 256 Å². The minimum Gasteiger partial charge on any atom is -0.479 e. The zero-order valence-electron chi connectivity index (χ0n) is 21.3. The minimum atomic E-state index is -1.96. The van der Waals surface area contributed by atoms with Crippen LogP contribution in [0.4, 0.5) is 15.3 Å². The van der Waals surface area contributed by atoms with E-state index in [2.05, 4.69) is 15.8 Å². The number of anilines is 1. The molecule has 9 N–H and O–H groups in total. The van der Waals surface area contributed by atoms with Gasteiger partial charge >= 0.3 is 13.4 Å². The van der Waals surface area contributed by atoms with Crippen LogP contribution in [0.1, 0.15) is 19.4 Å². The van der Waals surface area contributed by atoms with Crippen molar-refractivity contribution in [2.45, 2.75) is 57.1 Å². The van der Waals surface area contributed by atoms with Gasteiger partial charge in [-0.25, -0.2) is 4.79 Å². The Bertz CT molecular complexity index is 1110. The largest absolute Gasteiger partial charge is 0.479 e. The summed E-state index contributed by atoms with van der Waals surface area (Å²) in [5, 5.41) is 46.2. The highest BCUT2D eigenvalue weighted by Gasteiger charge is 2.48. The van der Waals surface area contributed by atoms with E-state index in [4.69, 9.17) is 27.8 Å². The molecule has 6 atom stereocenters. The van der Waals surface area contributed by atoms with Crippen molar-refractivity contribution in [1.29, 1.82) is 0 Å². The summed E-state index contributed by atoms with van der Waals surface area (Å²) in [7, 11) is 6.72. The van der Waals surface area contributed by atoms with Crippen LogP contribution in [0.25, 0.3) is 0 Å². The molecule has 40 heavy (non-hydrogen) atoms. The molecular weight excluding hydrogens is 533 g/mol. The van der Waals surface area contributed by atoms with Gasteiger partial charge in [-0.05, 0) is 17.7 Å². The summed E-state index contributed by atoms with van der Waals surface area (Å²) in [5.41, 5.74) is 5.82. The van der Waals surface area contributed by atoms with Gasteiger partial charge in [-0.15, -0.1) is 0 Å². The Morgan fingerprint density at radius 3 is 2.35 bits per heavy atom. The molecule has 1 aliphatic rings. The fraction of sp³-hybridized carbons (Fsp3) is 0.476. The molecule has 1 saturated heterocycles. The van der Waals surface area contributed by atoms with E-state index >= 15 is 0 Å². The number of carboxylic acids is 1. The standard InChI is InChI=1S/C21H27B3N4O12/c1-7(2)16(32)27-23-15(25)17(33)28-24-21(37)26-9-5-8(6-38-20(22)36)3-4-10(9)39-19-13(31)11(29)12(30)14(40-19)18(34)35/h3-5,7,11-15,19,29-31H,6,25H2,1-2H3,(H,26,37)(H,27,32)(H,28,33)(H,34,35)/t11-,12-,13+,14-,15?,19+/m0/s1. The summed E-state index contributed by atoms with van der Waals surface area (Å²) < 4.78 is 15.3. The predicted molar refractivity (Wildman–Crippen MR) is 137 cm³/mol. The molecule has 4 radical (unpaired) electrons. The summed E-state index contributed by atoms with van der Waals surface area (Å²) in [6.07, 6.45) is -9.55. The first-order valence-corrected chi connectivity index (χ1v) is 11.7. The lowest BCUT2D eigenvalue weighted by Crippen LogP contribution is -2.61. The van der Waals surface area contributed by atoms with Crippen molar-refractivity contribution in [3.05, 3.63) is 23.8 Å². The molecule has 1 aromatic rings. The second kappa shape index (κ2) is 14.7. The molecule has 212 valence electrons. The highest BCUT2D eigenvalue weighted by molar-refractivity contribution is 6.75. The Labute approximate surface area is 230 Å². The first kappa shape index (κ1) is 32.6. The Morgan fingerprint density at radius 2 is 1.75 bits per heavy atom. The molecule has 1 unspecified atom stereocenters. The number of benzene rings is 1. The van der Waals surface area contributed by atoms with Gasteiger partial charge < -0.3 is 56.1 Å². The predicted octanol–water partition coefficient (Wildman–Crippen LogP) is -3.29. The van der Waals surface area contributed by atoms with Gasteiger partial charge in [0.1, 0.15) is 30.7 Å². The second-order valence-electron chi connectivity index (χ2n) is 8.79. The lowest BCUT2D eigenvalue weighted by Gasteiger charge is -2.38. The summed E-state index contributed by atoms with van der Waals surface area (Å²) in [5.74, 6) is -6.72. The van der Waals surface area contributed by atoms with E-state index in [0.717, 1.165) is 7.41 Å². The number of aliphatic hydroxyl groups excluding tert-OH is 3. The number of carbonyl (C=O) groups is 5. The number of rotatable bonds is 12. The summed E-state index contributed by atoms with van der Waals surface area (Å²) in [4.78, 5) is 58.6. The number of amides is 3. The van der Waals surface area contributed by atoms with Crippen LogP contribution in [-0.2, 0) is 30.5 Å². The minimum absolute atomic E-state index is 0.135. The van der Waals surface area contributed by atoms with Crippen LogP contribution in [0.15, 0.2) is 18.2 Å². The molecule has 19 heteroatoms. The lowest BCUT2D eigenvalue weighted by molar-refractivity contribution is -0.271. The van der Waals surface area contributed by atoms with Crippen molar-refractivity contribution in [2.75, 3.05) is 5.32 Å². The number of aliphatic hydroxyl groups is 3. The molecule has 0 saturated carbocycles. The van der Waals surface area contributed by atoms with Gasteiger partial charge in [0.05, 0.1) is 11.6 Å². The van der Waals surface area contributed by atoms with Gasteiger partial charge in [-0.1, -0.05) is 19.9 Å². The smallest absolute Gasteiger partial charge is 0.364 e. The molecule has 0 aromatic heterocycles. The third-order valence-electron chi connectivity index (χ3n) is 5.32. The van der Waals surface area contributed by atoms with Crippen molar-refractivity contribution in [2.24, 2.45) is 11.7 Å². The molecular formula is C21H27B3N4O12. The van der Waals surface area contributed by atoms with Crippen molar-refractivity contribution in [3.63, 3.8) is 0 Å². The van der Waals surface area contributed by atoms with E-state index in [1.54, 1.807) is 13.8 Å². The molecule has 1 aromatic carbocycles. The molecule has 1 aliphatic heterocycles. The zero-order chi connectivity index (χ0) is 30.1. The van der Waals surface area contributed by atoms with Crippen LogP contribution in [-0.4, -0.2) is 109 Å². The van der Waals surface area contributed by atoms with Crippen LogP contribution >= 0.6 is 0 Å².